The molecule has 0 saturated heterocycles. The van der Waals surface area contributed by atoms with Gasteiger partial charge in [0.25, 0.3) is 0 Å². The highest BCUT2D eigenvalue weighted by atomic mass is 15.0. The summed E-state index contributed by atoms with van der Waals surface area (Å²) >= 11 is 0. The topological polar surface area (TPSA) is 43.8 Å². The van der Waals surface area contributed by atoms with Crippen LogP contribution >= 0.6 is 0 Å². The summed E-state index contributed by atoms with van der Waals surface area (Å²) in [6, 6.07) is 8.70. The first-order valence-electron chi connectivity index (χ1n) is 5.99. The van der Waals surface area contributed by atoms with Crippen LogP contribution in [0.15, 0.2) is 36.8 Å². The molecule has 2 N–H and O–H groups in total. The van der Waals surface area contributed by atoms with E-state index in [-0.39, 0.29) is 6.04 Å². The Hall–Kier alpha value is -1.61. The number of nitrogens with two attached hydrogens (primary N) is 1. The number of hydrogen-bond acceptors (Lipinski definition) is 2. The Bertz CT molecular complexity index is 486. The third kappa shape index (κ3) is 2.94. The first kappa shape index (κ1) is 11.9. The average molecular weight is 229 g/mol. The van der Waals surface area contributed by atoms with Gasteiger partial charge in [-0.15, -0.1) is 0 Å². The fraction of sp³-hybridized carbons (Fsp3) is 0.357. The van der Waals surface area contributed by atoms with Gasteiger partial charge in [-0.3, -0.25) is 0 Å². The van der Waals surface area contributed by atoms with Crippen molar-refractivity contribution in [3.05, 3.63) is 42.4 Å². The van der Waals surface area contributed by atoms with E-state index in [0.29, 0.717) is 0 Å². The summed E-state index contributed by atoms with van der Waals surface area (Å²) in [7, 11) is 0. The Balaban J connectivity index is 2.24. The van der Waals surface area contributed by atoms with Crippen LogP contribution in [0.2, 0.25) is 0 Å². The van der Waals surface area contributed by atoms with E-state index in [9.17, 15) is 0 Å². The molecule has 1 unspecified atom stereocenters. The zero-order valence-corrected chi connectivity index (χ0v) is 10.4. The van der Waals surface area contributed by atoms with Crippen molar-refractivity contribution in [2.75, 3.05) is 0 Å². The molecule has 90 valence electrons. The Kier molecular flexibility index (Phi) is 3.59. The summed E-state index contributed by atoms with van der Waals surface area (Å²) in [6.07, 6.45) is 4.76. The molecule has 0 fully saturated rings. The Morgan fingerprint density at radius 1 is 1.41 bits per heavy atom. The minimum absolute atomic E-state index is 0.225. The van der Waals surface area contributed by atoms with E-state index in [1.54, 1.807) is 0 Å². The Morgan fingerprint density at radius 2 is 2.24 bits per heavy atom. The molecule has 0 aliphatic heterocycles. The maximum absolute atomic E-state index is 5.79. The van der Waals surface area contributed by atoms with Crippen molar-refractivity contribution in [1.29, 1.82) is 0 Å². The molecule has 17 heavy (non-hydrogen) atoms. The number of hydrogen-bond donors (Lipinski definition) is 1. The SMILES string of the molecule is Cc1cccc(-c2cncn2CCC(C)N)c1. The fourth-order valence-corrected chi connectivity index (χ4v) is 1.89. The van der Waals surface area contributed by atoms with Crippen molar-refractivity contribution in [1.82, 2.24) is 9.55 Å². The normalized spacial score (nSPS) is 12.6. The molecule has 0 bridgehead atoms. The van der Waals surface area contributed by atoms with Crippen LogP contribution in [0.25, 0.3) is 11.3 Å². The van der Waals surface area contributed by atoms with Gasteiger partial charge in [-0.05, 0) is 26.3 Å². The second kappa shape index (κ2) is 5.15. The predicted octanol–water partition coefficient (Wildman–Crippen LogP) is 2.60. The molecule has 3 nitrogen and oxygen atoms in total. The van der Waals surface area contributed by atoms with E-state index in [4.69, 9.17) is 5.73 Å². The molecule has 3 heteroatoms. The van der Waals surface area contributed by atoms with Gasteiger partial charge >= 0.3 is 0 Å². The van der Waals surface area contributed by atoms with Crippen molar-refractivity contribution in [2.24, 2.45) is 5.73 Å². The summed E-state index contributed by atoms with van der Waals surface area (Å²) in [5.74, 6) is 0. The molecular weight excluding hydrogens is 210 g/mol. The number of rotatable bonds is 4. The van der Waals surface area contributed by atoms with Gasteiger partial charge in [0, 0.05) is 18.2 Å². The average Bonchev–Trinajstić information content (AvgIpc) is 2.74. The number of aromatic nitrogens is 2. The van der Waals surface area contributed by atoms with Gasteiger partial charge in [-0.1, -0.05) is 23.8 Å². The third-order valence-corrected chi connectivity index (χ3v) is 2.85. The Labute approximate surface area is 102 Å². The number of imidazole rings is 1. The maximum Gasteiger partial charge on any atom is 0.0950 e. The summed E-state index contributed by atoms with van der Waals surface area (Å²) in [5, 5.41) is 0. The van der Waals surface area contributed by atoms with Gasteiger partial charge < -0.3 is 10.3 Å². The quantitative estimate of drug-likeness (QED) is 0.875. The molecule has 1 heterocycles. The zero-order chi connectivity index (χ0) is 12.3. The summed E-state index contributed by atoms with van der Waals surface area (Å²) < 4.78 is 2.16. The molecule has 1 atom stereocenters. The van der Waals surface area contributed by atoms with Crippen LogP contribution in [-0.2, 0) is 6.54 Å². The van der Waals surface area contributed by atoms with E-state index in [1.165, 1.54) is 11.1 Å². The molecule has 0 saturated carbocycles. The molecule has 0 spiro atoms. The molecule has 1 aromatic carbocycles. The lowest BCUT2D eigenvalue weighted by Gasteiger charge is -2.10. The second-order valence-electron chi connectivity index (χ2n) is 4.61. The highest BCUT2D eigenvalue weighted by Gasteiger charge is 2.05. The van der Waals surface area contributed by atoms with Crippen molar-refractivity contribution in [3.8, 4) is 11.3 Å². The second-order valence-corrected chi connectivity index (χ2v) is 4.61. The van der Waals surface area contributed by atoms with Crippen molar-refractivity contribution >= 4 is 0 Å². The predicted molar refractivity (Wildman–Crippen MR) is 70.7 cm³/mol. The van der Waals surface area contributed by atoms with Crippen LogP contribution in [-0.4, -0.2) is 15.6 Å². The molecule has 0 aliphatic carbocycles. The molecule has 2 aromatic rings. The van der Waals surface area contributed by atoms with E-state index in [2.05, 4.69) is 40.7 Å². The summed E-state index contributed by atoms with van der Waals surface area (Å²) in [5.41, 5.74) is 9.43. The summed E-state index contributed by atoms with van der Waals surface area (Å²) in [4.78, 5) is 4.23. The van der Waals surface area contributed by atoms with Gasteiger partial charge in [0.15, 0.2) is 0 Å². The van der Waals surface area contributed by atoms with Crippen LogP contribution in [0.3, 0.4) is 0 Å². The molecular formula is C14H19N3. The van der Waals surface area contributed by atoms with Gasteiger partial charge in [-0.2, -0.15) is 0 Å². The number of nitrogens with zero attached hydrogens (tertiary/aromatic N) is 2. The highest BCUT2D eigenvalue weighted by molar-refractivity contribution is 5.59. The monoisotopic (exact) mass is 229 g/mol. The lowest BCUT2D eigenvalue weighted by atomic mass is 10.1. The molecule has 0 aliphatic rings. The largest absolute Gasteiger partial charge is 0.331 e. The first-order valence-corrected chi connectivity index (χ1v) is 5.99. The number of benzene rings is 1. The minimum Gasteiger partial charge on any atom is -0.331 e. The van der Waals surface area contributed by atoms with Crippen LogP contribution in [0, 0.1) is 6.92 Å². The standard InChI is InChI=1S/C14H19N3/c1-11-4-3-5-13(8-11)14-9-16-10-17(14)7-6-12(2)15/h3-5,8-10,12H,6-7,15H2,1-2H3. The highest BCUT2D eigenvalue weighted by Crippen LogP contribution is 2.20. The summed E-state index contributed by atoms with van der Waals surface area (Å²) in [6.45, 7) is 5.05. The van der Waals surface area contributed by atoms with E-state index < -0.39 is 0 Å². The number of aryl methyl sites for hydroxylation is 2. The van der Waals surface area contributed by atoms with Gasteiger partial charge in [0.2, 0.25) is 0 Å². The van der Waals surface area contributed by atoms with E-state index in [0.717, 1.165) is 18.7 Å². The fourth-order valence-electron chi connectivity index (χ4n) is 1.89. The lowest BCUT2D eigenvalue weighted by molar-refractivity contribution is 0.573. The van der Waals surface area contributed by atoms with Gasteiger partial charge in [-0.25, -0.2) is 4.98 Å². The van der Waals surface area contributed by atoms with Crippen LogP contribution in [0.1, 0.15) is 18.9 Å². The lowest BCUT2D eigenvalue weighted by Crippen LogP contribution is -2.17. The molecule has 0 radical (unpaired) electrons. The maximum atomic E-state index is 5.79. The Morgan fingerprint density at radius 3 is 2.94 bits per heavy atom. The molecule has 2 rings (SSSR count). The van der Waals surface area contributed by atoms with Gasteiger partial charge in [0.1, 0.15) is 0 Å². The van der Waals surface area contributed by atoms with Crippen molar-refractivity contribution in [3.63, 3.8) is 0 Å². The van der Waals surface area contributed by atoms with E-state index >= 15 is 0 Å². The first-order chi connectivity index (χ1) is 8.16. The van der Waals surface area contributed by atoms with Crippen LogP contribution < -0.4 is 5.73 Å². The van der Waals surface area contributed by atoms with Crippen molar-refractivity contribution < 1.29 is 0 Å². The minimum atomic E-state index is 0.225. The van der Waals surface area contributed by atoms with Crippen molar-refractivity contribution in [2.45, 2.75) is 32.9 Å². The van der Waals surface area contributed by atoms with Gasteiger partial charge in [0.05, 0.1) is 18.2 Å². The molecule has 1 aromatic heterocycles. The van der Waals surface area contributed by atoms with E-state index in [1.807, 2.05) is 19.4 Å². The molecule has 0 amide bonds. The van der Waals surface area contributed by atoms with Crippen LogP contribution in [0.4, 0.5) is 0 Å². The zero-order valence-electron chi connectivity index (χ0n) is 10.4. The third-order valence-electron chi connectivity index (χ3n) is 2.85. The van der Waals surface area contributed by atoms with Crippen LogP contribution in [0.5, 0.6) is 0 Å². The smallest absolute Gasteiger partial charge is 0.0950 e.